The average molecular weight is 256 g/mol. The Morgan fingerprint density at radius 2 is 1.53 bits per heavy atom. The molecule has 1 heterocycles. The van der Waals surface area contributed by atoms with Crippen molar-refractivity contribution in [3.05, 3.63) is 59.4 Å². The van der Waals surface area contributed by atoms with Gasteiger partial charge < -0.3 is 5.73 Å². The van der Waals surface area contributed by atoms with Gasteiger partial charge in [-0.3, -0.25) is 9.59 Å². The molecule has 0 spiro atoms. The molecule has 5 heteroatoms. The molecule has 2 aromatic carbocycles. The molecule has 0 saturated carbocycles. The van der Waals surface area contributed by atoms with Crippen LogP contribution in [0.15, 0.2) is 42.5 Å². The third kappa shape index (κ3) is 1.67. The van der Waals surface area contributed by atoms with Gasteiger partial charge in [-0.1, -0.05) is 0 Å². The first-order chi connectivity index (χ1) is 9.08. The second-order valence-corrected chi connectivity index (χ2v) is 4.23. The molecule has 0 unspecified atom stereocenters. The quantitative estimate of drug-likeness (QED) is 0.628. The maximum Gasteiger partial charge on any atom is 0.266 e. The van der Waals surface area contributed by atoms with E-state index in [1.165, 1.54) is 36.4 Å². The van der Waals surface area contributed by atoms with Crippen LogP contribution in [0, 0.1) is 5.82 Å². The molecular weight excluding hydrogens is 247 g/mol. The average Bonchev–Trinajstić information content (AvgIpc) is 2.63. The number of fused-ring (bicyclic) bond motifs is 1. The summed E-state index contributed by atoms with van der Waals surface area (Å²) in [7, 11) is 0. The molecule has 94 valence electrons. The Hall–Kier alpha value is -2.69. The molecule has 19 heavy (non-hydrogen) atoms. The van der Waals surface area contributed by atoms with Crippen molar-refractivity contribution in [2.24, 2.45) is 0 Å². The van der Waals surface area contributed by atoms with Crippen molar-refractivity contribution < 1.29 is 14.0 Å². The molecule has 0 saturated heterocycles. The fourth-order valence-electron chi connectivity index (χ4n) is 2.08. The Labute approximate surface area is 108 Å². The lowest BCUT2D eigenvalue weighted by atomic mass is 10.1. The third-order valence-corrected chi connectivity index (χ3v) is 3.00. The highest BCUT2D eigenvalue weighted by Gasteiger charge is 2.36. The van der Waals surface area contributed by atoms with E-state index in [4.69, 9.17) is 5.73 Å². The molecular formula is C14H9FN2O2. The van der Waals surface area contributed by atoms with Crippen LogP contribution in [0.4, 0.5) is 15.8 Å². The number of nitrogen functional groups attached to an aromatic ring is 1. The zero-order valence-electron chi connectivity index (χ0n) is 9.76. The van der Waals surface area contributed by atoms with E-state index in [-0.39, 0.29) is 5.56 Å². The summed E-state index contributed by atoms with van der Waals surface area (Å²) in [6, 6.07) is 9.74. The Morgan fingerprint density at radius 3 is 2.21 bits per heavy atom. The molecule has 0 radical (unpaired) electrons. The number of benzene rings is 2. The summed E-state index contributed by atoms with van der Waals surface area (Å²) in [5.41, 5.74) is 6.95. The highest BCUT2D eigenvalue weighted by molar-refractivity contribution is 6.34. The smallest absolute Gasteiger partial charge is 0.266 e. The monoisotopic (exact) mass is 256 g/mol. The Morgan fingerprint density at radius 1 is 0.895 bits per heavy atom. The minimum atomic E-state index is -0.445. The molecule has 0 atom stereocenters. The van der Waals surface area contributed by atoms with E-state index in [2.05, 4.69) is 0 Å². The molecule has 0 bridgehead atoms. The maximum absolute atomic E-state index is 12.9. The van der Waals surface area contributed by atoms with Crippen LogP contribution in [-0.2, 0) is 0 Å². The Kier molecular flexibility index (Phi) is 2.35. The standard InChI is InChI=1S/C14H9FN2O2/c15-8-1-4-10(5-2-8)17-13(18)11-6-3-9(16)7-12(11)14(17)19/h1-7H,16H2. The van der Waals surface area contributed by atoms with Crippen molar-refractivity contribution in [1.82, 2.24) is 0 Å². The Bertz CT molecular complexity index is 695. The number of rotatable bonds is 1. The van der Waals surface area contributed by atoms with Crippen molar-refractivity contribution in [2.45, 2.75) is 0 Å². The van der Waals surface area contributed by atoms with Crippen LogP contribution in [0.1, 0.15) is 20.7 Å². The minimum absolute atomic E-state index is 0.273. The summed E-state index contributed by atoms with van der Waals surface area (Å²) in [5.74, 6) is -1.30. The molecule has 2 N–H and O–H groups in total. The van der Waals surface area contributed by atoms with Crippen LogP contribution in [0.5, 0.6) is 0 Å². The zero-order valence-corrected chi connectivity index (χ0v) is 9.76. The predicted molar refractivity (Wildman–Crippen MR) is 68.4 cm³/mol. The lowest BCUT2D eigenvalue weighted by Crippen LogP contribution is -2.29. The largest absolute Gasteiger partial charge is 0.399 e. The second-order valence-electron chi connectivity index (χ2n) is 4.23. The highest BCUT2D eigenvalue weighted by Crippen LogP contribution is 2.29. The summed E-state index contributed by atoms with van der Waals surface area (Å²) in [6.45, 7) is 0. The highest BCUT2D eigenvalue weighted by atomic mass is 19.1. The lowest BCUT2D eigenvalue weighted by Gasteiger charge is -2.13. The molecule has 4 nitrogen and oxygen atoms in total. The molecule has 2 amide bonds. The van der Waals surface area contributed by atoms with Gasteiger partial charge in [-0.2, -0.15) is 0 Å². The van der Waals surface area contributed by atoms with Crippen molar-refractivity contribution in [3.63, 3.8) is 0 Å². The van der Waals surface area contributed by atoms with E-state index >= 15 is 0 Å². The number of halogens is 1. The van der Waals surface area contributed by atoms with E-state index in [1.807, 2.05) is 0 Å². The summed E-state index contributed by atoms with van der Waals surface area (Å²) in [6.07, 6.45) is 0. The third-order valence-electron chi connectivity index (χ3n) is 3.00. The van der Waals surface area contributed by atoms with E-state index in [1.54, 1.807) is 6.07 Å². The SMILES string of the molecule is Nc1ccc2c(c1)C(=O)N(c1ccc(F)cc1)C2=O. The summed E-state index contributed by atoms with van der Waals surface area (Å²) < 4.78 is 12.9. The predicted octanol–water partition coefficient (Wildman–Crippen LogP) is 2.21. The minimum Gasteiger partial charge on any atom is -0.399 e. The number of hydrogen-bond donors (Lipinski definition) is 1. The van der Waals surface area contributed by atoms with Gasteiger partial charge in [0.05, 0.1) is 16.8 Å². The first kappa shape index (κ1) is 11.4. The topological polar surface area (TPSA) is 63.4 Å². The number of carbonyl (C=O) groups is 2. The molecule has 0 aliphatic carbocycles. The lowest BCUT2D eigenvalue weighted by molar-refractivity contribution is 0.0926. The van der Waals surface area contributed by atoms with Crippen LogP contribution in [0.25, 0.3) is 0 Å². The summed E-state index contributed by atoms with van der Waals surface area (Å²) >= 11 is 0. The maximum atomic E-state index is 12.9. The second kappa shape index (κ2) is 3.91. The van der Waals surface area contributed by atoms with Crippen molar-refractivity contribution in [3.8, 4) is 0 Å². The van der Waals surface area contributed by atoms with Crippen molar-refractivity contribution in [2.75, 3.05) is 10.6 Å². The van der Waals surface area contributed by atoms with E-state index in [0.717, 1.165) is 4.90 Å². The van der Waals surface area contributed by atoms with Gasteiger partial charge in [-0.15, -0.1) is 0 Å². The number of anilines is 2. The number of hydrogen-bond acceptors (Lipinski definition) is 3. The van der Waals surface area contributed by atoms with Gasteiger partial charge in [0, 0.05) is 5.69 Å². The number of imide groups is 1. The van der Waals surface area contributed by atoms with Gasteiger partial charge in [-0.25, -0.2) is 9.29 Å². The van der Waals surface area contributed by atoms with Crippen LogP contribution in [0.2, 0.25) is 0 Å². The van der Waals surface area contributed by atoms with E-state index < -0.39 is 17.6 Å². The first-order valence-electron chi connectivity index (χ1n) is 5.62. The number of nitrogens with zero attached hydrogens (tertiary/aromatic N) is 1. The van der Waals surface area contributed by atoms with Gasteiger partial charge >= 0.3 is 0 Å². The number of amides is 2. The molecule has 2 aromatic rings. The van der Waals surface area contributed by atoms with Gasteiger partial charge in [0.2, 0.25) is 0 Å². The first-order valence-corrected chi connectivity index (χ1v) is 5.62. The van der Waals surface area contributed by atoms with Gasteiger partial charge in [0.15, 0.2) is 0 Å². The van der Waals surface area contributed by atoms with Crippen LogP contribution >= 0.6 is 0 Å². The zero-order chi connectivity index (χ0) is 13.6. The summed E-state index contributed by atoms with van der Waals surface area (Å²) in [5, 5.41) is 0. The molecule has 1 aliphatic rings. The number of nitrogens with two attached hydrogens (primary N) is 1. The van der Waals surface area contributed by atoms with Crippen molar-refractivity contribution in [1.29, 1.82) is 0 Å². The van der Waals surface area contributed by atoms with Crippen molar-refractivity contribution >= 4 is 23.2 Å². The fourth-order valence-corrected chi connectivity index (χ4v) is 2.08. The molecule has 3 rings (SSSR count). The Balaban J connectivity index is 2.10. The van der Waals surface area contributed by atoms with E-state index in [9.17, 15) is 14.0 Å². The summed E-state index contributed by atoms with van der Waals surface area (Å²) in [4.78, 5) is 25.4. The number of carbonyl (C=O) groups excluding carboxylic acids is 2. The van der Waals surface area contributed by atoms with Gasteiger partial charge in [0.1, 0.15) is 5.82 Å². The van der Waals surface area contributed by atoms with Gasteiger partial charge in [-0.05, 0) is 42.5 Å². The van der Waals surface area contributed by atoms with Crippen LogP contribution in [-0.4, -0.2) is 11.8 Å². The molecule has 0 fully saturated rings. The fraction of sp³-hybridized carbons (Fsp3) is 0. The van der Waals surface area contributed by atoms with Crippen LogP contribution in [0.3, 0.4) is 0 Å². The molecule has 1 aliphatic heterocycles. The molecule has 0 aromatic heterocycles. The normalized spacial score (nSPS) is 13.8. The van der Waals surface area contributed by atoms with Gasteiger partial charge in [0.25, 0.3) is 11.8 Å². The van der Waals surface area contributed by atoms with E-state index in [0.29, 0.717) is 16.9 Å². The van der Waals surface area contributed by atoms with Crippen LogP contribution < -0.4 is 10.6 Å².